The fourth-order valence-corrected chi connectivity index (χ4v) is 2.05. The van der Waals surface area contributed by atoms with Crippen molar-refractivity contribution in [1.29, 1.82) is 0 Å². The van der Waals surface area contributed by atoms with Gasteiger partial charge in [0, 0.05) is 19.8 Å². The Bertz CT molecular complexity index is 826. The van der Waals surface area contributed by atoms with Crippen LogP contribution in [-0.4, -0.2) is 39.8 Å². The molecule has 1 amide bonds. The molecule has 8 nitrogen and oxygen atoms in total. The van der Waals surface area contributed by atoms with Gasteiger partial charge in [0.25, 0.3) is 11.5 Å². The maximum absolute atomic E-state index is 11.9. The largest absolute Gasteiger partial charge is 0.502 e. The number of benzene rings is 1. The van der Waals surface area contributed by atoms with Crippen molar-refractivity contribution in [3.63, 3.8) is 0 Å². The lowest BCUT2D eigenvalue weighted by atomic mass is 10.2. The van der Waals surface area contributed by atoms with E-state index in [1.807, 2.05) is 0 Å². The van der Waals surface area contributed by atoms with E-state index >= 15 is 0 Å². The topological polar surface area (TPSA) is 118 Å². The fourth-order valence-electron chi connectivity index (χ4n) is 2.05. The Labute approximate surface area is 143 Å². The third-order valence-electron chi connectivity index (χ3n) is 3.46. The van der Waals surface area contributed by atoms with E-state index in [1.165, 1.54) is 36.0 Å². The Morgan fingerprint density at radius 2 is 1.88 bits per heavy atom. The van der Waals surface area contributed by atoms with Crippen LogP contribution < -0.4 is 15.6 Å². The van der Waals surface area contributed by atoms with Gasteiger partial charge in [-0.3, -0.25) is 9.59 Å². The predicted molar refractivity (Wildman–Crippen MR) is 89.2 cm³/mol. The van der Waals surface area contributed by atoms with Gasteiger partial charge in [0.2, 0.25) is 0 Å². The van der Waals surface area contributed by atoms with Gasteiger partial charge < -0.3 is 24.8 Å². The molecule has 132 valence electrons. The van der Waals surface area contributed by atoms with E-state index in [-0.39, 0.29) is 11.1 Å². The molecule has 0 aliphatic heterocycles. The van der Waals surface area contributed by atoms with E-state index in [2.05, 4.69) is 5.32 Å². The molecule has 1 aromatic heterocycles. The molecule has 0 unspecified atom stereocenters. The van der Waals surface area contributed by atoms with Gasteiger partial charge in [-0.1, -0.05) is 0 Å². The molecule has 0 saturated carbocycles. The first kappa shape index (κ1) is 18.1. The third kappa shape index (κ3) is 4.60. The molecule has 1 heterocycles. The monoisotopic (exact) mass is 346 g/mol. The molecule has 1 aromatic carbocycles. The summed E-state index contributed by atoms with van der Waals surface area (Å²) in [5.74, 6) is -1.60. The Hall–Kier alpha value is -3.29. The van der Waals surface area contributed by atoms with Gasteiger partial charge in [0.15, 0.2) is 5.75 Å². The molecule has 0 spiro atoms. The number of carbonyl (C=O) groups is 2. The summed E-state index contributed by atoms with van der Waals surface area (Å²) in [5.41, 5.74) is -0.539. The number of carboxylic acids is 1. The zero-order chi connectivity index (χ0) is 18.4. The number of aromatic hydroxyl groups is 1. The summed E-state index contributed by atoms with van der Waals surface area (Å²) in [6, 6.07) is 7.36. The summed E-state index contributed by atoms with van der Waals surface area (Å²) in [6.45, 7) is 0.607. The summed E-state index contributed by atoms with van der Waals surface area (Å²) in [4.78, 5) is 34.3. The highest BCUT2D eigenvalue weighted by molar-refractivity contribution is 5.96. The number of carboxylic acid groups (broad SMARTS) is 1. The first-order valence-corrected chi connectivity index (χ1v) is 7.53. The second-order valence-corrected chi connectivity index (χ2v) is 5.28. The van der Waals surface area contributed by atoms with Crippen molar-refractivity contribution in [1.82, 2.24) is 9.88 Å². The number of hydrogen-bond acceptors (Lipinski definition) is 5. The molecule has 0 atom stereocenters. The average Bonchev–Trinajstić information content (AvgIpc) is 2.59. The van der Waals surface area contributed by atoms with Crippen LogP contribution in [0.3, 0.4) is 0 Å². The molecule has 0 fully saturated rings. The quantitative estimate of drug-likeness (QED) is 0.644. The van der Waals surface area contributed by atoms with Crippen molar-refractivity contribution in [3.05, 3.63) is 58.0 Å². The number of rotatable bonds is 7. The number of nitrogens with zero attached hydrogens (tertiary/aromatic N) is 1. The molecular formula is C17H18N2O6. The standard InChI is InChI=1S/C17H18N2O6/c1-19-9-7-13(14(20)16(19)22)15(21)18-8-2-10-25-12-5-3-11(4-6-12)17(23)24/h3-7,9,20H,2,8,10H2,1H3,(H,18,21)(H,23,24). The van der Waals surface area contributed by atoms with Crippen LogP contribution in [0.5, 0.6) is 11.5 Å². The van der Waals surface area contributed by atoms with Crippen molar-refractivity contribution in [3.8, 4) is 11.5 Å². The number of ether oxygens (including phenoxy) is 1. The van der Waals surface area contributed by atoms with Crippen LogP contribution in [0.15, 0.2) is 41.3 Å². The van der Waals surface area contributed by atoms with Gasteiger partial charge in [0.1, 0.15) is 5.75 Å². The molecule has 0 saturated heterocycles. The number of hydrogen-bond donors (Lipinski definition) is 3. The Morgan fingerprint density at radius 1 is 1.20 bits per heavy atom. The highest BCUT2D eigenvalue weighted by Crippen LogP contribution is 2.12. The number of aryl methyl sites for hydroxylation is 1. The van der Waals surface area contributed by atoms with Crippen LogP contribution in [0.4, 0.5) is 0 Å². The van der Waals surface area contributed by atoms with E-state index in [9.17, 15) is 19.5 Å². The Kier molecular flexibility index (Phi) is 5.78. The lowest BCUT2D eigenvalue weighted by Crippen LogP contribution is -2.28. The van der Waals surface area contributed by atoms with Crippen LogP contribution in [0.1, 0.15) is 27.1 Å². The molecule has 2 aromatic rings. The molecule has 3 N–H and O–H groups in total. The van der Waals surface area contributed by atoms with E-state index < -0.39 is 23.2 Å². The van der Waals surface area contributed by atoms with Gasteiger partial charge in [-0.25, -0.2) is 4.79 Å². The summed E-state index contributed by atoms with van der Waals surface area (Å²) in [7, 11) is 1.48. The van der Waals surface area contributed by atoms with Gasteiger partial charge in [-0.05, 0) is 36.8 Å². The van der Waals surface area contributed by atoms with Crippen LogP contribution in [-0.2, 0) is 7.05 Å². The van der Waals surface area contributed by atoms with Crippen LogP contribution in [0.25, 0.3) is 0 Å². The van der Waals surface area contributed by atoms with Crippen molar-refractivity contribution in [2.24, 2.45) is 7.05 Å². The molecule has 0 aliphatic rings. The minimum Gasteiger partial charge on any atom is -0.502 e. The van der Waals surface area contributed by atoms with Crippen LogP contribution in [0, 0.1) is 0 Å². The SMILES string of the molecule is Cn1ccc(C(=O)NCCCOc2ccc(C(=O)O)cc2)c(O)c1=O. The molecule has 0 aliphatic carbocycles. The second kappa shape index (κ2) is 8.00. The molecule has 8 heteroatoms. The summed E-state index contributed by atoms with van der Waals surface area (Å²) in [5, 5.41) is 21.1. The van der Waals surface area contributed by atoms with E-state index in [0.717, 1.165) is 0 Å². The van der Waals surface area contributed by atoms with Crippen molar-refractivity contribution in [2.75, 3.05) is 13.2 Å². The number of amides is 1. The van der Waals surface area contributed by atoms with Crippen molar-refractivity contribution < 1.29 is 24.5 Å². The minimum atomic E-state index is -1.01. The highest BCUT2D eigenvalue weighted by Gasteiger charge is 2.14. The van der Waals surface area contributed by atoms with E-state index in [0.29, 0.717) is 25.3 Å². The Morgan fingerprint density at radius 3 is 2.52 bits per heavy atom. The lowest BCUT2D eigenvalue weighted by Gasteiger charge is -2.09. The fraction of sp³-hybridized carbons (Fsp3) is 0.235. The normalized spacial score (nSPS) is 10.3. The zero-order valence-electron chi connectivity index (χ0n) is 13.6. The smallest absolute Gasteiger partial charge is 0.335 e. The molecule has 0 radical (unpaired) electrons. The number of nitrogens with one attached hydrogen (secondary N) is 1. The number of pyridine rings is 1. The second-order valence-electron chi connectivity index (χ2n) is 5.28. The average molecular weight is 346 g/mol. The zero-order valence-corrected chi connectivity index (χ0v) is 13.6. The number of carbonyl (C=O) groups excluding carboxylic acids is 1. The van der Waals surface area contributed by atoms with E-state index in [4.69, 9.17) is 9.84 Å². The summed E-state index contributed by atoms with van der Waals surface area (Å²) >= 11 is 0. The van der Waals surface area contributed by atoms with Gasteiger partial charge >= 0.3 is 5.97 Å². The molecule has 25 heavy (non-hydrogen) atoms. The minimum absolute atomic E-state index is 0.0757. The molecular weight excluding hydrogens is 328 g/mol. The van der Waals surface area contributed by atoms with Crippen molar-refractivity contribution in [2.45, 2.75) is 6.42 Å². The van der Waals surface area contributed by atoms with Crippen LogP contribution in [0.2, 0.25) is 0 Å². The van der Waals surface area contributed by atoms with Gasteiger partial charge in [-0.2, -0.15) is 0 Å². The molecule has 0 bridgehead atoms. The third-order valence-corrected chi connectivity index (χ3v) is 3.46. The van der Waals surface area contributed by atoms with Gasteiger partial charge in [-0.15, -0.1) is 0 Å². The number of aromatic carboxylic acids is 1. The summed E-state index contributed by atoms with van der Waals surface area (Å²) in [6.07, 6.45) is 1.90. The van der Waals surface area contributed by atoms with Crippen molar-refractivity contribution >= 4 is 11.9 Å². The lowest BCUT2D eigenvalue weighted by molar-refractivity contribution is 0.0696. The number of aromatic nitrogens is 1. The maximum Gasteiger partial charge on any atom is 0.335 e. The van der Waals surface area contributed by atoms with Crippen LogP contribution >= 0.6 is 0 Å². The summed E-state index contributed by atoms with van der Waals surface area (Å²) < 4.78 is 6.62. The predicted octanol–water partition coefficient (Wildman–Crippen LogP) is 0.988. The Balaban J connectivity index is 1.77. The first-order valence-electron chi connectivity index (χ1n) is 7.53. The van der Waals surface area contributed by atoms with Gasteiger partial charge in [0.05, 0.1) is 17.7 Å². The first-order chi connectivity index (χ1) is 11.9. The molecule has 2 rings (SSSR count). The highest BCUT2D eigenvalue weighted by atomic mass is 16.5. The van der Waals surface area contributed by atoms with E-state index in [1.54, 1.807) is 12.1 Å². The maximum atomic E-state index is 11.9.